The Balaban J connectivity index is 2.10. The van der Waals surface area contributed by atoms with Crippen molar-refractivity contribution in [2.45, 2.75) is 18.9 Å². The van der Waals surface area contributed by atoms with E-state index in [9.17, 15) is 9.18 Å². The third-order valence-electron chi connectivity index (χ3n) is 3.43. The number of hydrogen-bond donors (Lipinski definition) is 2. The summed E-state index contributed by atoms with van der Waals surface area (Å²) in [5.74, 6) is -0.710. The first kappa shape index (κ1) is 15.4. The number of nitrogens with zero attached hydrogens (tertiary/aromatic N) is 1. The van der Waals surface area contributed by atoms with E-state index in [4.69, 9.17) is 5.11 Å². The van der Waals surface area contributed by atoms with E-state index in [1.54, 1.807) is 11.0 Å². The monoisotopic (exact) mass is 344 g/mol. The van der Waals surface area contributed by atoms with Gasteiger partial charge in [0, 0.05) is 24.7 Å². The molecule has 1 fully saturated rings. The van der Waals surface area contributed by atoms with E-state index in [1.807, 2.05) is 0 Å². The highest BCUT2D eigenvalue weighted by atomic mass is 79.9. The van der Waals surface area contributed by atoms with Gasteiger partial charge < -0.3 is 15.3 Å². The molecule has 110 valence electrons. The van der Waals surface area contributed by atoms with Gasteiger partial charge in [-0.05, 0) is 53.5 Å². The first-order chi connectivity index (χ1) is 9.61. The highest BCUT2D eigenvalue weighted by Crippen LogP contribution is 2.18. The standard InChI is InChI=1S/C14H18BrFN2O2/c15-12-4-3-10(8-13(12)16)14(20)18(6-7-19)9-11-2-1-5-17-11/h3-4,8,11,17,19H,1-2,5-7,9H2. The number of benzene rings is 1. The Kier molecular flexibility index (Phi) is 5.51. The lowest BCUT2D eigenvalue weighted by Crippen LogP contribution is -2.42. The van der Waals surface area contributed by atoms with E-state index in [1.165, 1.54) is 12.1 Å². The fourth-order valence-corrected chi connectivity index (χ4v) is 2.63. The van der Waals surface area contributed by atoms with Crippen LogP contribution in [0.1, 0.15) is 23.2 Å². The van der Waals surface area contributed by atoms with E-state index < -0.39 is 5.82 Å². The van der Waals surface area contributed by atoms with Crippen molar-refractivity contribution in [3.63, 3.8) is 0 Å². The molecule has 1 aliphatic rings. The smallest absolute Gasteiger partial charge is 0.254 e. The fourth-order valence-electron chi connectivity index (χ4n) is 2.39. The van der Waals surface area contributed by atoms with Gasteiger partial charge in [0.2, 0.25) is 0 Å². The van der Waals surface area contributed by atoms with Gasteiger partial charge in [0.25, 0.3) is 5.91 Å². The van der Waals surface area contributed by atoms with Crippen LogP contribution in [0, 0.1) is 5.82 Å². The van der Waals surface area contributed by atoms with Crippen molar-refractivity contribution in [1.82, 2.24) is 10.2 Å². The third kappa shape index (κ3) is 3.77. The SMILES string of the molecule is O=C(c1ccc(Br)c(F)c1)N(CCO)CC1CCCN1. The number of carbonyl (C=O) groups excluding carboxylic acids is 1. The molecule has 0 radical (unpaired) electrons. The Morgan fingerprint density at radius 3 is 2.95 bits per heavy atom. The molecule has 1 aromatic carbocycles. The van der Waals surface area contributed by atoms with E-state index in [-0.39, 0.29) is 25.1 Å². The Hall–Kier alpha value is -0.980. The second-order valence-corrected chi connectivity index (χ2v) is 5.75. The topological polar surface area (TPSA) is 52.6 Å². The number of aliphatic hydroxyl groups excluding tert-OH is 1. The second kappa shape index (κ2) is 7.15. The zero-order chi connectivity index (χ0) is 14.5. The van der Waals surface area contributed by atoms with Crippen molar-refractivity contribution in [1.29, 1.82) is 0 Å². The molecule has 1 aromatic rings. The molecule has 2 rings (SSSR count). The average Bonchev–Trinajstić information content (AvgIpc) is 2.93. The van der Waals surface area contributed by atoms with Crippen LogP contribution in [0.3, 0.4) is 0 Å². The Bertz CT molecular complexity index is 478. The minimum absolute atomic E-state index is 0.0997. The molecule has 0 aromatic heterocycles. The van der Waals surface area contributed by atoms with Gasteiger partial charge in [-0.25, -0.2) is 4.39 Å². The number of amides is 1. The van der Waals surface area contributed by atoms with Crippen LogP contribution in [0.5, 0.6) is 0 Å². The minimum atomic E-state index is -0.459. The number of carbonyl (C=O) groups is 1. The van der Waals surface area contributed by atoms with E-state index in [2.05, 4.69) is 21.2 Å². The highest BCUT2D eigenvalue weighted by molar-refractivity contribution is 9.10. The number of rotatable bonds is 5. The Morgan fingerprint density at radius 2 is 2.35 bits per heavy atom. The number of nitrogens with one attached hydrogen (secondary N) is 1. The first-order valence-electron chi connectivity index (χ1n) is 6.70. The average molecular weight is 345 g/mol. The molecule has 0 aliphatic carbocycles. The summed E-state index contributed by atoms with van der Waals surface area (Å²) in [6, 6.07) is 4.58. The Morgan fingerprint density at radius 1 is 1.55 bits per heavy atom. The molecule has 0 spiro atoms. The molecule has 1 amide bonds. The second-order valence-electron chi connectivity index (χ2n) is 4.90. The summed E-state index contributed by atoms with van der Waals surface area (Å²) in [7, 11) is 0. The van der Waals surface area contributed by atoms with Crippen molar-refractivity contribution in [2.75, 3.05) is 26.2 Å². The van der Waals surface area contributed by atoms with E-state index in [0.717, 1.165) is 19.4 Å². The molecule has 0 saturated carbocycles. The lowest BCUT2D eigenvalue weighted by molar-refractivity contribution is 0.0706. The largest absolute Gasteiger partial charge is 0.395 e. The van der Waals surface area contributed by atoms with Crippen LogP contribution in [0.25, 0.3) is 0 Å². The summed E-state index contributed by atoms with van der Waals surface area (Å²) < 4.78 is 13.8. The highest BCUT2D eigenvalue weighted by Gasteiger charge is 2.22. The number of hydrogen-bond acceptors (Lipinski definition) is 3. The van der Waals surface area contributed by atoms with Crippen LogP contribution in [0.15, 0.2) is 22.7 Å². The van der Waals surface area contributed by atoms with Gasteiger partial charge in [-0.15, -0.1) is 0 Å². The number of aliphatic hydroxyl groups is 1. The van der Waals surface area contributed by atoms with Gasteiger partial charge in [0.1, 0.15) is 5.82 Å². The quantitative estimate of drug-likeness (QED) is 0.855. The van der Waals surface area contributed by atoms with Gasteiger partial charge in [0.05, 0.1) is 11.1 Å². The molecule has 1 unspecified atom stereocenters. The molecule has 6 heteroatoms. The molecule has 1 heterocycles. The van der Waals surface area contributed by atoms with Crippen LogP contribution in [0.2, 0.25) is 0 Å². The Labute approximate surface area is 126 Å². The normalized spacial score (nSPS) is 18.2. The first-order valence-corrected chi connectivity index (χ1v) is 7.49. The summed E-state index contributed by atoms with van der Waals surface area (Å²) in [6.07, 6.45) is 2.11. The maximum absolute atomic E-state index is 13.5. The van der Waals surface area contributed by atoms with Crippen molar-refractivity contribution in [3.05, 3.63) is 34.1 Å². The summed E-state index contributed by atoms with van der Waals surface area (Å²) >= 11 is 3.07. The summed E-state index contributed by atoms with van der Waals surface area (Å²) in [6.45, 7) is 1.65. The van der Waals surface area contributed by atoms with Crippen molar-refractivity contribution < 1.29 is 14.3 Å². The van der Waals surface area contributed by atoms with Gasteiger partial charge in [-0.1, -0.05) is 0 Å². The van der Waals surface area contributed by atoms with Crippen LogP contribution < -0.4 is 5.32 Å². The molecular formula is C14H18BrFN2O2. The maximum Gasteiger partial charge on any atom is 0.254 e. The molecule has 4 nitrogen and oxygen atoms in total. The predicted molar refractivity (Wildman–Crippen MR) is 78.1 cm³/mol. The number of halogens is 2. The van der Waals surface area contributed by atoms with Gasteiger partial charge >= 0.3 is 0 Å². The summed E-state index contributed by atoms with van der Waals surface area (Å²) in [5, 5.41) is 12.4. The van der Waals surface area contributed by atoms with Crippen LogP contribution in [-0.4, -0.2) is 48.2 Å². The van der Waals surface area contributed by atoms with Gasteiger partial charge in [-0.3, -0.25) is 4.79 Å². The summed E-state index contributed by atoms with van der Waals surface area (Å²) in [5.41, 5.74) is 0.303. The maximum atomic E-state index is 13.5. The zero-order valence-electron chi connectivity index (χ0n) is 11.1. The minimum Gasteiger partial charge on any atom is -0.395 e. The van der Waals surface area contributed by atoms with Crippen LogP contribution >= 0.6 is 15.9 Å². The van der Waals surface area contributed by atoms with Crippen molar-refractivity contribution in [2.24, 2.45) is 0 Å². The summed E-state index contributed by atoms with van der Waals surface area (Å²) in [4.78, 5) is 14.0. The zero-order valence-corrected chi connectivity index (χ0v) is 12.7. The van der Waals surface area contributed by atoms with Crippen molar-refractivity contribution >= 4 is 21.8 Å². The molecule has 1 aliphatic heterocycles. The van der Waals surface area contributed by atoms with E-state index >= 15 is 0 Å². The molecule has 20 heavy (non-hydrogen) atoms. The van der Waals surface area contributed by atoms with Crippen LogP contribution in [-0.2, 0) is 0 Å². The van der Waals surface area contributed by atoms with Crippen LogP contribution in [0.4, 0.5) is 4.39 Å². The third-order valence-corrected chi connectivity index (χ3v) is 4.07. The predicted octanol–water partition coefficient (Wildman–Crippen LogP) is 1.77. The molecule has 2 N–H and O–H groups in total. The van der Waals surface area contributed by atoms with Gasteiger partial charge in [0.15, 0.2) is 0 Å². The van der Waals surface area contributed by atoms with Crippen molar-refractivity contribution in [3.8, 4) is 0 Å². The van der Waals surface area contributed by atoms with Gasteiger partial charge in [-0.2, -0.15) is 0 Å². The molecule has 0 bridgehead atoms. The lowest BCUT2D eigenvalue weighted by Gasteiger charge is -2.25. The molecule has 1 saturated heterocycles. The molecular weight excluding hydrogens is 327 g/mol. The fraction of sp³-hybridized carbons (Fsp3) is 0.500. The lowest BCUT2D eigenvalue weighted by atomic mass is 10.1. The molecule has 1 atom stereocenters. The van der Waals surface area contributed by atoms with E-state index in [0.29, 0.717) is 16.6 Å².